The first kappa shape index (κ1) is 14.5. The molecule has 0 aromatic heterocycles. The lowest BCUT2D eigenvalue weighted by Gasteiger charge is -2.10. The molecule has 0 heterocycles. The van der Waals surface area contributed by atoms with E-state index >= 15 is 0 Å². The second-order valence-corrected chi connectivity index (χ2v) is 5.63. The van der Waals surface area contributed by atoms with Gasteiger partial charge in [-0.25, -0.2) is 9.18 Å². The molecule has 1 aromatic carbocycles. The molecule has 0 atom stereocenters. The molecule has 1 N–H and O–H groups in total. The van der Waals surface area contributed by atoms with Crippen LogP contribution in [0.25, 0.3) is 0 Å². The first-order valence-corrected chi connectivity index (χ1v) is 6.70. The summed E-state index contributed by atoms with van der Waals surface area (Å²) in [4.78, 5) is 13.2. The predicted molar refractivity (Wildman–Crippen MR) is 70.3 cm³/mol. The molecule has 0 bridgehead atoms. The van der Waals surface area contributed by atoms with Crippen LogP contribution in [0.1, 0.15) is 10.4 Å². The zero-order valence-corrected chi connectivity index (χ0v) is 11.9. The molecule has 17 heavy (non-hydrogen) atoms. The molecule has 0 spiro atoms. The summed E-state index contributed by atoms with van der Waals surface area (Å²) in [6.45, 7) is 0.836. The van der Waals surface area contributed by atoms with Crippen molar-refractivity contribution in [1.29, 1.82) is 0 Å². The number of benzene rings is 1. The molecular formula is C11H13BrFNO2S. The van der Waals surface area contributed by atoms with Crippen LogP contribution in [0.5, 0.6) is 0 Å². The van der Waals surface area contributed by atoms with Gasteiger partial charge >= 0.3 is 5.97 Å². The molecule has 94 valence electrons. The fourth-order valence-corrected chi connectivity index (χ4v) is 2.86. The molecule has 0 fully saturated rings. The van der Waals surface area contributed by atoms with E-state index in [4.69, 9.17) is 5.11 Å². The molecule has 0 aliphatic heterocycles. The van der Waals surface area contributed by atoms with E-state index in [1.54, 1.807) is 0 Å². The third-order valence-electron chi connectivity index (χ3n) is 2.07. The van der Waals surface area contributed by atoms with E-state index < -0.39 is 11.8 Å². The molecule has 1 aromatic rings. The van der Waals surface area contributed by atoms with Gasteiger partial charge in [-0.05, 0) is 42.2 Å². The van der Waals surface area contributed by atoms with Crippen molar-refractivity contribution < 1.29 is 14.3 Å². The van der Waals surface area contributed by atoms with Crippen LogP contribution in [0.15, 0.2) is 21.5 Å². The van der Waals surface area contributed by atoms with Gasteiger partial charge in [-0.15, -0.1) is 11.8 Å². The molecule has 3 nitrogen and oxygen atoms in total. The van der Waals surface area contributed by atoms with Crippen LogP contribution < -0.4 is 0 Å². The third kappa shape index (κ3) is 3.97. The molecule has 6 heteroatoms. The summed E-state index contributed by atoms with van der Waals surface area (Å²) < 4.78 is 13.8. The van der Waals surface area contributed by atoms with Gasteiger partial charge in [0.05, 0.1) is 10.0 Å². The quantitative estimate of drug-likeness (QED) is 0.846. The summed E-state index contributed by atoms with van der Waals surface area (Å²) in [5.41, 5.74) is -0.0561. The minimum absolute atomic E-state index is 0.0138. The number of hydrogen-bond donors (Lipinski definition) is 1. The number of carboxylic acid groups (broad SMARTS) is 1. The molecule has 0 aliphatic carbocycles. The molecule has 1 rings (SSSR count). The van der Waals surface area contributed by atoms with Gasteiger partial charge in [-0.1, -0.05) is 0 Å². The van der Waals surface area contributed by atoms with E-state index in [9.17, 15) is 9.18 Å². The fraction of sp³-hybridized carbons (Fsp3) is 0.364. The maximum Gasteiger partial charge on any atom is 0.336 e. The van der Waals surface area contributed by atoms with Gasteiger partial charge in [0, 0.05) is 17.2 Å². The number of halogens is 2. The average molecular weight is 322 g/mol. The van der Waals surface area contributed by atoms with Crippen LogP contribution in [0.4, 0.5) is 4.39 Å². The summed E-state index contributed by atoms with van der Waals surface area (Å²) in [5, 5.41) is 8.82. The highest BCUT2D eigenvalue weighted by Gasteiger charge is 2.15. The standard InChI is InChI=1S/C11H13BrFNO2S/c1-14(2)5-6-17-8-4-3-7(11(15)16)9(12)10(8)13/h3-4H,5-6H2,1-2H3,(H,15,16). The van der Waals surface area contributed by atoms with E-state index in [2.05, 4.69) is 15.9 Å². The largest absolute Gasteiger partial charge is 0.478 e. The van der Waals surface area contributed by atoms with E-state index in [0.717, 1.165) is 12.3 Å². The van der Waals surface area contributed by atoms with Crippen molar-refractivity contribution >= 4 is 33.7 Å². The normalized spacial score (nSPS) is 10.9. The Morgan fingerprint density at radius 2 is 2.18 bits per heavy atom. The van der Waals surface area contributed by atoms with Gasteiger partial charge in [0.1, 0.15) is 0 Å². The lowest BCUT2D eigenvalue weighted by atomic mass is 10.2. The number of aromatic carboxylic acids is 1. The molecule has 0 unspecified atom stereocenters. The third-order valence-corrected chi connectivity index (χ3v) is 3.86. The fourth-order valence-electron chi connectivity index (χ4n) is 1.15. The van der Waals surface area contributed by atoms with Crippen LogP contribution in [-0.2, 0) is 0 Å². The summed E-state index contributed by atoms with van der Waals surface area (Å²) in [6, 6.07) is 2.91. The van der Waals surface area contributed by atoms with E-state index in [1.807, 2.05) is 19.0 Å². The Morgan fingerprint density at radius 3 is 2.71 bits per heavy atom. The van der Waals surface area contributed by atoms with Crippen molar-refractivity contribution in [3.63, 3.8) is 0 Å². The number of thioether (sulfide) groups is 1. The number of carbonyl (C=O) groups is 1. The molecule has 0 aliphatic rings. The first-order valence-electron chi connectivity index (χ1n) is 4.92. The zero-order valence-electron chi connectivity index (χ0n) is 9.54. The van der Waals surface area contributed by atoms with Gasteiger partial charge in [0.25, 0.3) is 0 Å². The van der Waals surface area contributed by atoms with E-state index in [1.165, 1.54) is 23.9 Å². The SMILES string of the molecule is CN(C)CCSc1ccc(C(=O)O)c(Br)c1F. The Hall–Kier alpha value is -0.590. The molecule has 0 saturated carbocycles. The highest BCUT2D eigenvalue weighted by atomic mass is 79.9. The van der Waals surface area contributed by atoms with E-state index in [-0.39, 0.29) is 10.0 Å². The topological polar surface area (TPSA) is 40.5 Å². The second kappa shape index (κ2) is 6.37. The maximum absolute atomic E-state index is 13.8. The van der Waals surface area contributed by atoms with Crippen LogP contribution in [0.3, 0.4) is 0 Å². The molecule has 0 amide bonds. The second-order valence-electron chi connectivity index (χ2n) is 3.70. The summed E-state index contributed by atoms with van der Waals surface area (Å²) in [5.74, 6) is -0.891. The van der Waals surface area contributed by atoms with Crippen LogP contribution >= 0.6 is 27.7 Å². The minimum Gasteiger partial charge on any atom is -0.478 e. The monoisotopic (exact) mass is 321 g/mol. The Kier molecular flexibility index (Phi) is 5.42. The van der Waals surface area contributed by atoms with Crippen molar-refractivity contribution in [2.75, 3.05) is 26.4 Å². The molecular weight excluding hydrogens is 309 g/mol. The van der Waals surface area contributed by atoms with Crippen LogP contribution in [0.2, 0.25) is 0 Å². The summed E-state index contributed by atoms with van der Waals surface area (Å²) >= 11 is 4.34. The molecule has 0 radical (unpaired) electrons. The Balaban J connectivity index is 2.82. The lowest BCUT2D eigenvalue weighted by molar-refractivity contribution is 0.0695. The Labute approximate surface area is 112 Å². The highest BCUT2D eigenvalue weighted by Crippen LogP contribution is 2.30. The molecule has 0 saturated heterocycles. The van der Waals surface area contributed by atoms with Crippen molar-refractivity contribution in [3.05, 3.63) is 28.0 Å². The highest BCUT2D eigenvalue weighted by molar-refractivity contribution is 9.10. The van der Waals surface area contributed by atoms with Gasteiger partial charge < -0.3 is 10.0 Å². The van der Waals surface area contributed by atoms with Gasteiger partial charge in [-0.2, -0.15) is 0 Å². The Bertz CT molecular complexity index is 426. The Morgan fingerprint density at radius 1 is 1.53 bits per heavy atom. The van der Waals surface area contributed by atoms with E-state index in [0.29, 0.717) is 4.90 Å². The summed E-state index contributed by atoms with van der Waals surface area (Å²) in [6.07, 6.45) is 0. The van der Waals surface area contributed by atoms with Crippen molar-refractivity contribution in [1.82, 2.24) is 4.90 Å². The van der Waals surface area contributed by atoms with Crippen molar-refractivity contribution in [3.8, 4) is 0 Å². The predicted octanol–water partition coefficient (Wildman–Crippen LogP) is 2.94. The first-order chi connectivity index (χ1) is 7.93. The maximum atomic E-state index is 13.8. The number of rotatable bonds is 5. The van der Waals surface area contributed by atoms with Gasteiger partial charge in [0.15, 0.2) is 5.82 Å². The van der Waals surface area contributed by atoms with Crippen molar-refractivity contribution in [2.45, 2.75) is 4.90 Å². The minimum atomic E-state index is -1.14. The lowest BCUT2D eigenvalue weighted by Crippen LogP contribution is -2.14. The average Bonchev–Trinajstić information content (AvgIpc) is 2.23. The number of hydrogen-bond acceptors (Lipinski definition) is 3. The smallest absolute Gasteiger partial charge is 0.336 e. The number of nitrogens with zero attached hydrogens (tertiary/aromatic N) is 1. The summed E-state index contributed by atoms with van der Waals surface area (Å²) in [7, 11) is 3.89. The van der Waals surface area contributed by atoms with Crippen molar-refractivity contribution in [2.24, 2.45) is 0 Å². The number of carboxylic acids is 1. The zero-order chi connectivity index (χ0) is 13.0. The van der Waals surface area contributed by atoms with Crippen LogP contribution in [-0.4, -0.2) is 42.4 Å². The van der Waals surface area contributed by atoms with Gasteiger partial charge in [-0.3, -0.25) is 0 Å². The van der Waals surface area contributed by atoms with Crippen LogP contribution in [0, 0.1) is 5.82 Å². The van der Waals surface area contributed by atoms with Gasteiger partial charge in [0.2, 0.25) is 0 Å².